The second-order valence-corrected chi connectivity index (χ2v) is 5.68. The average Bonchev–Trinajstić information content (AvgIpc) is 3.10. The number of hydrogen-bond acceptors (Lipinski definition) is 4. The summed E-state index contributed by atoms with van der Waals surface area (Å²) in [7, 11) is 0. The summed E-state index contributed by atoms with van der Waals surface area (Å²) in [4.78, 5) is 11.3. The minimum absolute atomic E-state index is 0.243. The summed E-state index contributed by atoms with van der Waals surface area (Å²) in [6.45, 7) is 2.40. The number of carbonyl (C=O) groups excluding carboxylic acids is 1. The van der Waals surface area contributed by atoms with Gasteiger partial charge in [-0.1, -0.05) is 0 Å². The molecular weight excluding hydrogens is 268 g/mol. The number of ether oxygens (including phenoxy) is 2. The summed E-state index contributed by atoms with van der Waals surface area (Å²) in [6.07, 6.45) is 5.20. The number of nitrogens with zero attached hydrogens (tertiary/aromatic N) is 2. The van der Waals surface area contributed by atoms with Crippen LogP contribution in [-0.4, -0.2) is 22.9 Å². The molecule has 0 bridgehead atoms. The maximum absolute atomic E-state index is 11.3. The van der Waals surface area contributed by atoms with Gasteiger partial charge < -0.3 is 9.47 Å². The lowest BCUT2D eigenvalue weighted by Gasteiger charge is -2.09. The highest BCUT2D eigenvalue weighted by molar-refractivity contribution is 5.85. The molecule has 2 aliphatic rings. The van der Waals surface area contributed by atoms with Gasteiger partial charge in [-0.15, -0.1) is 0 Å². The molecule has 1 aromatic carbocycles. The number of benzene rings is 1. The number of aldehydes is 1. The standard InChI is InChI=1S/C16H16N2O3/c1-10(11-2-3-11)18-7-13(8-19)16(17-18)12-4-5-14-15(6-12)21-9-20-14/h4-8,10-11H,2-3,9H2,1H3. The first-order chi connectivity index (χ1) is 10.3. The number of fused-ring (bicyclic) bond motifs is 1. The van der Waals surface area contributed by atoms with Gasteiger partial charge in [-0.3, -0.25) is 9.48 Å². The fourth-order valence-electron chi connectivity index (χ4n) is 2.76. The zero-order valence-corrected chi connectivity index (χ0v) is 11.8. The Morgan fingerprint density at radius 2 is 2.14 bits per heavy atom. The molecule has 0 saturated heterocycles. The van der Waals surface area contributed by atoms with E-state index in [1.165, 1.54) is 12.8 Å². The highest BCUT2D eigenvalue weighted by atomic mass is 16.7. The fourth-order valence-corrected chi connectivity index (χ4v) is 2.76. The molecule has 1 fully saturated rings. The van der Waals surface area contributed by atoms with Gasteiger partial charge in [0.25, 0.3) is 0 Å². The minimum Gasteiger partial charge on any atom is -0.454 e. The first-order valence-corrected chi connectivity index (χ1v) is 7.20. The second-order valence-electron chi connectivity index (χ2n) is 5.68. The van der Waals surface area contributed by atoms with Crippen LogP contribution in [0, 0.1) is 5.92 Å². The first-order valence-electron chi connectivity index (χ1n) is 7.20. The normalized spacial score (nSPS) is 17.8. The number of rotatable bonds is 4. The quantitative estimate of drug-likeness (QED) is 0.810. The van der Waals surface area contributed by atoms with Gasteiger partial charge in [0.1, 0.15) is 5.69 Å². The molecule has 1 aromatic heterocycles. The first kappa shape index (κ1) is 12.4. The fraction of sp³-hybridized carbons (Fsp3) is 0.375. The summed E-state index contributed by atoms with van der Waals surface area (Å²) in [5.74, 6) is 2.13. The Bertz CT molecular complexity index is 704. The van der Waals surface area contributed by atoms with Crippen molar-refractivity contribution in [3.8, 4) is 22.8 Å². The van der Waals surface area contributed by atoms with Crippen LogP contribution in [0.5, 0.6) is 11.5 Å². The molecule has 108 valence electrons. The van der Waals surface area contributed by atoms with Crippen molar-refractivity contribution >= 4 is 6.29 Å². The van der Waals surface area contributed by atoms with E-state index < -0.39 is 0 Å². The van der Waals surface area contributed by atoms with Crippen LogP contribution in [0.1, 0.15) is 36.2 Å². The van der Waals surface area contributed by atoms with Crippen LogP contribution in [-0.2, 0) is 0 Å². The molecule has 0 spiro atoms. The summed E-state index contributed by atoms with van der Waals surface area (Å²) in [5.41, 5.74) is 2.19. The van der Waals surface area contributed by atoms with Crippen LogP contribution in [0.3, 0.4) is 0 Å². The second kappa shape index (κ2) is 4.62. The Morgan fingerprint density at radius 3 is 2.90 bits per heavy atom. The van der Waals surface area contributed by atoms with E-state index in [9.17, 15) is 4.79 Å². The van der Waals surface area contributed by atoms with Gasteiger partial charge in [0.15, 0.2) is 17.8 Å². The Balaban J connectivity index is 1.74. The predicted molar refractivity (Wildman–Crippen MR) is 76.6 cm³/mol. The van der Waals surface area contributed by atoms with Gasteiger partial charge in [-0.2, -0.15) is 5.10 Å². The van der Waals surface area contributed by atoms with Crippen LogP contribution in [0.15, 0.2) is 24.4 Å². The van der Waals surface area contributed by atoms with Gasteiger partial charge >= 0.3 is 0 Å². The Kier molecular flexibility index (Phi) is 2.74. The number of carbonyl (C=O) groups is 1. The molecular formula is C16H16N2O3. The molecule has 4 rings (SSSR count). The van der Waals surface area contributed by atoms with Crippen molar-refractivity contribution in [1.82, 2.24) is 9.78 Å². The lowest BCUT2D eigenvalue weighted by Crippen LogP contribution is -2.07. The van der Waals surface area contributed by atoms with Gasteiger partial charge in [-0.25, -0.2) is 0 Å². The van der Waals surface area contributed by atoms with Crippen molar-refractivity contribution in [3.05, 3.63) is 30.0 Å². The molecule has 2 aromatic rings. The van der Waals surface area contributed by atoms with Crippen molar-refractivity contribution in [1.29, 1.82) is 0 Å². The van der Waals surface area contributed by atoms with Gasteiger partial charge in [0.05, 0.1) is 11.6 Å². The molecule has 1 saturated carbocycles. The topological polar surface area (TPSA) is 53.4 Å². The summed E-state index contributed by atoms with van der Waals surface area (Å²) in [5, 5.41) is 4.63. The van der Waals surface area contributed by atoms with E-state index in [0.717, 1.165) is 17.6 Å². The third kappa shape index (κ3) is 2.09. The van der Waals surface area contributed by atoms with E-state index in [1.54, 1.807) is 0 Å². The van der Waals surface area contributed by atoms with E-state index in [-0.39, 0.29) is 6.79 Å². The monoisotopic (exact) mass is 284 g/mol. The van der Waals surface area contributed by atoms with Crippen molar-refractivity contribution in [2.45, 2.75) is 25.8 Å². The van der Waals surface area contributed by atoms with Gasteiger partial charge in [0, 0.05) is 11.8 Å². The predicted octanol–water partition coefficient (Wildman–Crippen LogP) is 3.06. The zero-order chi connectivity index (χ0) is 14.4. The van der Waals surface area contributed by atoms with Crippen LogP contribution in [0.4, 0.5) is 0 Å². The lowest BCUT2D eigenvalue weighted by atomic mass is 10.1. The number of hydrogen-bond donors (Lipinski definition) is 0. The minimum atomic E-state index is 0.243. The smallest absolute Gasteiger partial charge is 0.231 e. The van der Waals surface area contributed by atoms with E-state index >= 15 is 0 Å². The zero-order valence-electron chi connectivity index (χ0n) is 11.8. The molecule has 1 aliphatic heterocycles. The SMILES string of the molecule is CC(C1CC1)n1cc(C=O)c(-c2ccc3c(c2)OCO3)n1. The number of aromatic nitrogens is 2. The van der Waals surface area contributed by atoms with Gasteiger partial charge in [-0.05, 0) is 43.9 Å². The molecule has 5 nitrogen and oxygen atoms in total. The molecule has 21 heavy (non-hydrogen) atoms. The Hall–Kier alpha value is -2.30. The Labute approximate surface area is 122 Å². The van der Waals surface area contributed by atoms with Crippen molar-refractivity contribution in [2.75, 3.05) is 6.79 Å². The lowest BCUT2D eigenvalue weighted by molar-refractivity contribution is 0.112. The maximum Gasteiger partial charge on any atom is 0.231 e. The van der Waals surface area contributed by atoms with Crippen LogP contribution >= 0.6 is 0 Å². The third-order valence-corrected chi connectivity index (χ3v) is 4.25. The van der Waals surface area contributed by atoms with E-state index in [2.05, 4.69) is 12.0 Å². The molecule has 0 N–H and O–H groups in total. The maximum atomic E-state index is 11.3. The third-order valence-electron chi connectivity index (χ3n) is 4.25. The summed E-state index contributed by atoms with van der Waals surface area (Å²) >= 11 is 0. The van der Waals surface area contributed by atoms with E-state index in [4.69, 9.17) is 9.47 Å². The summed E-state index contributed by atoms with van der Waals surface area (Å²) < 4.78 is 12.6. The molecule has 1 unspecified atom stereocenters. The highest BCUT2D eigenvalue weighted by Gasteiger charge is 2.30. The van der Waals surface area contributed by atoms with Crippen LogP contribution < -0.4 is 9.47 Å². The molecule has 0 amide bonds. The van der Waals surface area contributed by atoms with Crippen LogP contribution in [0.2, 0.25) is 0 Å². The molecule has 2 heterocycles. The highest BCUT2D eigenvalue weighted by Crippen LogP contribution is 2.40. The van der Waals surface area contributed by atoms with Gasteiger partial charge in [0.2, 0.25) is 6.79 Å². The van der Waals surface area contributed by atoms with E-state index in [1.807, 2.05) is 29.1 Å². The molecule has 1 atom stereocenters. The Morgan fingerprint density at radius 1 is 1.33 bits per heavy atom. The molecule has 5 heteroatoms. The largest absolute Gasteiger partial charge is 0.454 e. The van der Waals surface area contributed by atoms with Crippen molar-refractivity contribution < 1.29 is 14.3 Å². The summed E-state index contributed by atoms with van der Waals surface area (Å²) in [6, 6.07) is 5.99. The average molecular weight is 284 g/mol. The molecule has 1 aliphatic carbocycles. The molecule has 0 radical (unpaired) electrons. The van der Waals surface area contributed by atoms with E-state index in [0.29, 0.717) is 29.0 Å². The van der Waals surface area contributed by atoms with Crippen LogP contribution in [0.25, 0.3) is 11.3 Å². The van der Waals surface area contributed by atoms with Crippen molar-refractivity contribution in [3.63, 3.8) is 0 Å². The van der Waals surface area contributed by atoms with Crippen molar-refractivity contribution in [2.24, 2.45) is 5.92 Å².